The van der Waals surface area contributed by atoms with Crippen molar-refractivity contribution in [1.29, 1.82) is 5.26 Å². The molecule has 0 aliphatic carbocycles. The molecule has 0 atom stereocenters. The minimum atomic E-state index is -2.97. The average molecular weight is 223 g/mol. The van der Waals surface area contributed by atoms with Crippen LogP contribution in [-0.4, -0.2) is 0 Å². The zero-order valence-electron chi connectivity index (χ0n) is 9.94. The fourth-order valence-corrected chi connectivity index (χ4v) is 1.49. The molecule has 0 unspecified atom stereocenters. The Kier molecular flexibility index (Phi) is 3.05. The van der Waals surface area contributed by atoms with E-state index in [0.29, 0.717) is 0 Å². The molecule has 0 aliphatic rings. The van der Waals surface area contributed by atoms with Crippen LogP contribution in [0.3, 0.4) is 0 Å². The van der Waals surface area contributed by atoms with Gasteiger partial charge in [0.1, 0.15) is 0 Å². The topological polar surface area (TPSA) is 23.8 Å². The first-order valence-electron chi connectivity index (χ1n) is 5.09. The summed E-state index contributed by atoms with van der Waals surface area (Å²) in [5.74, 6) is -2.97. The van der Waals surface area contributed by atoms with Crippen molar-refractivity contribution in [1.82, 2.24) is 0 Å². The fraction of sp³-hybridized carbons (Fsp3) is 0.462. The zero-order chi connectivity index (χ0) is 12.6. The smallest absolute Gasteiger partial charge is 0.202 e. The van der Waals surface area contributed by atoms with Crippen LogP contribution in [0.2, 0.25) is 0 Å². The van der Waals surface area contributed by atoms with E-state index in [1.165, 1.54) is 6.07 Å². The Morgan fingerprint density at radius 2 is 1.69 bits per heavy atom. The third-order valence-electron chi connectivity index (χ3n) is 2.48. The second-order valence-electron chi connectivity index (χ2n) is 5.01. The highest BCUT2D eigenvalue weighted by Gasteiger charge is 2.28. The van der Waals surface area contributed by atoms with Crippen LogP contribution < -0.4 is 0 Å². The van der Waals surface area contributed by atoms with Crippen LogP contribution in [0, 0.1) is 11.3 Å². The summed E-state index contributed by atoms with van der Waals surface area (Å²) >= 11 is 0. The van der Waals surface area contributed by atoms with Gasteiger partial charge >= 0.3 is 0 Å². The highest BCUT2D eigenvalue weighted by Crippen LogP contribution is 2.32. The highest BCUT2D eigenvalue weighted by molar-refractivity contribution is 5.44. The number of nitrogens with zero attached hydrogens (tertiary/aromatic N) is 1. The summed E-state index contributed by atoms with van der Waals surface area (Å²) in [6, 6.07) is 6.39. The van der Waals surface area contributed by atoms with Gasteiger partial charge in [-0.1, -0.05) is 32.9 Å². The van der Waals surface area contributed by atoms with Crippen molar-refractivity contribution in [3.8, 4) is 6.07 Å². The van der Waals surface area contributed by atoms with Gasteiger partial charge < -0.3 is 0 Å². The van der Waals surface area contributed by atoms with E-state index < -0.39 is 5.92 Å². The van der Waals surface area contributed by atoms with Crippen LogP contribution in [0.25, 0.3) is 0 Å². The molecular formula is C13H15F2N. The van der Waals surface area contributed by atoms with Gasteiger partial charge in [-0.2, -0.15) is 5.26 Å². The number of hydrogen-bond donors (Lipinski definition) is 0. The van der Waals surface area contributed by atoms with Crippen molar-refractivity contribution in [2.24, 2.45) is 0 Å². The summed E-state index contributed by atoms with van der Waals surface area (Å²) in [7, 11) is 0. The fourth-order valence-electron chi connectivity index (χ4n) is 1.49. The lowest BCUT2D eigenvalue weighted by Gasteiger charge is -2.21. The number of hydrogen-bond acceptors (Lipinski definition) is 1. The Hall–Kier alpha value is -1.43. The maximum atomic E-state index is 13.2. The number of halogens is 2. The normalized spacial score (nSPS) is 12.3. The van der Waals surface area contributed by atoms with Crippen molar-refractivity contribution in [3.05, 3.63) is 34.9 Å². The first-order chi connectivity index (χ1) is 7.16. The van der Waals surface area contributed by atoms with Gasteiger partial charge in [0, 0.05) is 12.5 Å². The average Bonchev–Trinajstić information content (AvgIpc) is 2.14. The molecule has 0 spiro atoms. The predicted molar refractivity (Wildman–Crippen MR) is 59.4 cm³/mol. The molecule has 1 aromatic rings. The van der Waals surface area contributed by atoms with E-state index in [9.17, 15) is 8.78 Å². The van der Waals surface area contributed by atoms with Crippen molar-refractivity contribution >= 4 is 0 Å². The first kappa shape index (κ1) is 12.6. The summed E-state index contributed by atoms with van der Waals surface area (Å²) in [6.45, 7) is 6.74. The molecule has 0 fully saturated rings. The molecule has 1 aromatic carbocycles. The molecule has 0 N–H and O–H groups in total. The van der Waals surface area contributed by atoms with E-state index in [1.54, 1.807) is 12.1 Å². The van der Waals surface area contributed by atoms with Crippen molar-refractivity contribution in [2.45, 2.75) is 39.0 Å². The number of benzene rings is 1. The zero-order valence-corrected chi connectivity index (χ0v) is 9.94. The standard InChI is InChI=1S/C13H15F2N/c1-12(2,3)10-5-6-11(13(4,14)15)9(7-10)8-16/h5-7H,1-4H3. The molecule has 0 saturated heterocycles. The molecule has 0 aromatic heterocycles. The van der Waals surface area contributed by atoms with E-state index >= 15 is 0 Å². The van der Waals surface area contributed by atoms with Crippen LogP contribution in [0.5, 0.6) is 0 Å². The Balaban J connectivity index is 3.36. The highest BCUT2D eigenvalue weighted by atomic mass is 19.3. The lowest BCUT2D eigenvalue weighted by molar-refractivity contribution is 0.0171. The minimum Gasteiger partial charge on any atom is -0.202 e. The van der Waals surface area contributed by atoms with E-state index in [1.807, 2.05) is 26.8 Å². The summed E-state index contributed by atoms with van der Waals surface area (Å²) in [5, 5.41) is 8.89. The minimum absolute atomic E-state index is 0.0555. The van der Waals surface area contributed by atoms with E-state index in [4.69, 9.17) is 5.26 Å². The molecule has 0 saturated carbocycles. The number of alkyl halides is 2. The summed E-state index contributed by atoms with van der Waals surface area (Å²) in [4.78, 5) is 0. The van der Waals surface area contributed by atoms with Gasteiger partial charge in [0.15, 0.2) is 0 Å². The van der Waals surface area contributed by atoms with Crippen LogP contribution in [-0.2, 0) is 11.3 Å². The third kappa shape index (κ3) is 2.57. The predicted octanol–water partition coefficient (Wildman–Crippen LogP) is 3.97. The van der Waals surface area contributed by atoms with Gasteiger partial charge in [-0.05, 0) is 17.0 Å². The van der Waals surface area contributed by atoms with E-state index in [0.717, 1.165) is 12.5 Å². The monoisotopic (exact) mass is 223 g/mol. The Bertz CT molecular complexity index is 431. The van der Waals surface area contributed by atoms with Gasteiger partial charge in [-0.3, -0.25) is 0 Å². The van der Waals surface area contributed by atoms with Crippen molar-refractivity contribution < 1.29 is 8.78 Å². The molecule has 16 heavy (non-hydrogen) atoms. The van der Waals surface area contributed by atoms with Gasteiger partial charge in [-0.15, -0.1) is 0 Å². The second kappa shape index (κ2) is 3.86. The van der Waals surface area contributed by atoms with Gasteiger partial charge in [-0.25, -0.2) is 8.78 Å². The van der Waals surface area contributed by atoms with Crippen LogP contribution in [0.1, 0.15) is 44.4 Å². The molecule has 1 rings (SSSR count). The Labute approximate surface area is 94.7 Å². The lowest BCUT2D eigenvalue weighted by Crippen LogP contribution is -2.14. The second-order valence-corrected chi connectivity index (χ2v) is 5.01. The summed E-state index contributed by atoms with van der Waals surface area (Å²) in [6.07, 6.45) is 0. The van der Waals surface area contributed by atoms with Crippen molar-refractivity contribution in [2.75, 3.05) is 0 Å². The van der Waals surface area contributed by atoms with Gasteiger partial charge in [0.25, 0.3) is 5.92 Å². The molecule has 3 heteroatoms. The third-order valence-corrected chi connectivity index (χ3v) is 2.48. The van der Waals surface area contributed by atoms with E-state index in [-0.39, 0.29) is 16.5 Å². The van der Waals surface area contributed by atoms with Gasteiger partial charge in [0.05, 0.1) is 11.6 Å². The van der Waals surface area contributed by atoms with Crippen LogP contribution in [0.4, 0.5) is 8.78 Å². The summed E-state index contributed by atoms with van der Waals surface area (Å²) in [5.41, 5.74) is 0.590. The number of rotatable bonds is 1. The molecule has 0 radical (unpaired) electrons. The van der Waals surface area contributed by atoms with E-state index in [2.05, 4.69) is 0 Å². The number of nitriles is 1. The van der Waals surface area contributed by atoms with Crippen LogP contribution in [0.15, 0.2) is 18.2 Å². The molecule has 1 nitrogen and oxygen atoms in total. The SMILES string of the molecule is CC(C)(C)c1ccc(C(C)(F)F)c(C#N)c1. The maximum absolute atomic E-state index is 13.2. The lowest BCUT2D eigenvalue weighted by atomic mass is 9.85. The Morgan fingerprint density at radius 1 is 1.12 bits per heavy atom. The molecule has 0 bridgehead atoms. The molecule has 0 heterocycles. The molecular weight excluding hydrogens is 208 g/mol. The largest absolute Gasteiger partial charge is 0.271 e. The maximum Gasteiger partial charge on any atom is 0.271 e. The molecule has 86 valence electrons. The summed E-state index contributed by atoms with van der Waals surface area (Å²) < 4.78 is 26.4. The van der Waals surface area contributed by atoms with Crippen LogP contribution >= 0.6 is 0 Å². The Morgan fingerprint density at radius 3 is 2.06 bits per heavy atom. The first-order valence-corrected chi connectivity index (χ1v) is 5.09. The molecule has 0 aliphatic heterocycles. The van der Waals surface area contributed by atoms with Gasteiger partial charge in [0.2, 0.25) is 0 Å². The molecule has 0 amide bonds. The quantitative estimate of drug-likeness (QED) is 0.706. The van der Waals surface area contributed by atoms with Crippen molar-refractivity contribution in [3.63, 3.8) is 0 Å².